The van der Waals surface area contributed by atoms with Crippen molar-refractivity contribution >= 4 is 67.6 Å². The molecular weight excluding hydrogens is 1520 g/mol. The number of nitrogens with zero attached hydrogens (tertiary/aromatic N) is 27. The molecule has 0 atom stereocenters. The minimum absolute atomic E-state index is 1.07. The van der Waals surface area contributed by atoms with E-state index in [1.54, 1.807) is 0 Å². The average Bonchev–Trinajstić information content (AvgIpc) is 1.03. The molecule has 19 aliphatic heterocycles. The summed E-state index contributed by atoms with van der Waals surface area (Å²) in [6.45, 7) is 38.7. The SMILES string of the molecule is C1CCN(P(=NP2(N=P(N3CCCC3)(N3CCCC3)N3CCCC3)=NP(N=P(N3CCCC3)(N3CCCC3)N3CCCC3)(N=P(N3CCCC3)(N3CCCC3)N3CCCC3)=NP(N=P(N3CCCC3)(N3CCCC3)N3CCCC3)(N=P(N3CCCC3)(N3CCCC3)N3CCCC3)=N2)(N2CCCC2)N2CCCC2)C1. The highest BCUT2D eigenvalue weighted by molar-refractivity contribution is 7.92. The van der Waals surface area contributed by atoms with Gasteiger partial charge in [0, 0.05) is 236 Å². The molecule has 19 rings (SSSR count). The zero-order valence-corrected chi connectivity index (χ0v) is 75.1. The van der Waals surface area contributed by atoms with E-state index in [1.807, 2.05) is 0 Å². The van der Waals surface area contributed by atoms with E-state index in [9.17, 15) is 0 Å². The van der Waals surface area contributed by atoms with Gasteiger partial charge in [0.25, 0.3) is 0 Å². The molecular formula is C72H144N27P9. The normalized spacial score (nSPS) is 31.2. The van der Waals surface area contributed by atoms with Gasteiger partial charge in [0.15, 0.2) is 45.0 Å². The smallest absolute Gasteiger partial charge is 0.245 e. The van der Waals surface area contributed by atoms with E-state index in [0.717, 1.165) is 236 Å². The van der Waals surface area contributed by atoms with E-state index >= 15 is 0 Å². The number of hydrogen-bond acceptors (Lipinski definition) is 9. The van der Waals surface area contributed by atoms with Gasteiger partial charge in [-0.2, -0.15) is 40.6 Å². The standard InChI is InChI=1S/C72H144N27P9/c1-2-38-82(37-1)103(83-39-3-4-40-83,84-41-5-6-42-84)76-100(77-104(85-43-7-8-44-85,86-45-9-10-46-86)87-47-11-12-48-87)73-101(78-105(88-49-13-14-50-88,89-51-15-16-52-89)90-53-17-18-54-90,79-106(91-55-19-20-56-91,92-57-21-22-58-92)93-59-23-24-60-93)75-102(74-100,80-107(94-61-25-26-62-94,95-63-27-28-64-95)96-65-29-30-66-96)81-108(97-67-31-32-68-97,98-69-33-34-70-98)99-71-35-36-72-99/h1-72H2. The van der Waals surface area contributed by atoms with Crippen LogP contribution in [-0.2, 0) is 0 Å². The maximum absolute atomic E-state index is 7.81. The van der Waals surface area contributed by atoms with E-state index in [-0.39, 0.29) is 0 Å². The van der Waals surface area contributed by atoms with Crippen molar-refractivity contribution in [1.29, 1.82) is 0 Å². The first-order valence-electron chi connectivity index (χ1n) is 45.6. The Labute approximate surface area is 655 Å². The molecule has 27 nitrogen and oxygen atoms in total. The lowest BCUT2D eigenvalue weighted by atomic mass is 10.4. The topological polar surface area (TPSA) is 170 Å². The van der Waals surface area contributed by atoms with Crippen molar-refractivity contribution in [3.63, 3.8) is 0 Å². The fourth-order valence-corrected chi connectivity index (χ4v) is 72.7. The van der Waals surface area contributed by atoms with Crippen molar-refractivity contribution in [3.8, 4) is 0 Å². The van der Waals surface area contributed by atoms with Gasteiger partial charge in [-0.05, 0) is 231 Å². The molecule has 36 heteroatoms. The quantitative estimate of drug-likeness (QED) is 0.0836. The van der Waals surface area contributed by atoms with Crippen molar-refractivity contribution in [2.75, 3.05) is 236 Å². The summed E-state index contributed by atoms with van der Waals surface area (Å²) >= 11 is 0. The second kappa shape index (κ2) is 34.5. The van der Waals surface area contributed by atoms with E-state index < -0.39 is 67.6 Å². The maximum Gasteiger partial charge on any atom is 0.315 e. The van der Waals surface area contributed by atoms with Crippen LogP contribution in [0.2, 0.25) is 0 Å². The Balaban J connectivity index is 1.13. The molecule has 108 heavy (non-hydrogen) atoms. The third kappa shape index (κ3) is 14.5. The lowest BCUT2D eigenvalue weighted by Gasteiger charge is -2.50. The van der Waals surface area contributed by atoms with E-state index in [4.69, 9.17) is 40.6 Å². The van der Waals surface area contributed by atoms with E-state index in [1.165, 1.54) is 231 Å². The van der Waals surface area contributed by atoms with Gasteiger partial charge >= 0.3 is 22.5 Å². The van der Waals surface area contributed by atoms with Crippen LogP contribution in [0.5, 0.6) is 0 Å². The molecule has 19 heterocycles. The molecule has 0 aromatic carbocycles. The highest BCUT2D eigenvalue weighted by Gasteiger charge is 2.59. The number of rotatable bonds is 24. The third-order valence-corrected chi connectivity index (χ3v) is 66.6. The van der Waals surface area contributed by atoms with Crippen molar-refractivity contribution in [3.05, 3.63) is 0 Å². The second-order valence-corrected chi connectivity index (χ2v) is 61.8. The fourth-order valence-electron chi connectivity index (χ4n) is 23.4. The summed E-state index contributed by atoms with van der Waals surface area (Å²) in [4.78, 5) is 0. The van der Waals surface area contributed by atoms with Crippen molar-refractivity contribution in [2.24, 2.45) is 40.6 Å². The predicted molar refractivity (Wildman–Crippen MR) is 459 cm³/mol. The van der Waals surface area contributed by atoms with Gasteiger partial charge in [-0.15, -0.1) is 0 Å². The van der Waals surface area contributed by atoms with E-state index in [0.29, 0.717) is 0 Å². The summed E-state index contributed by atoms with van der Waals surface area (Å²) in [5.41, 5.74) is 0. The fraction of sp³-hybridized carbons (Fsp3) is 1.00. The van der Waals surface area contributed by atoms with Crippen LogP contribution in [0.1, 0.15) is 231 Å². The molecule has 612 valence electrons. The number of hydrogen-bond donors (Lipinski definition) is 0. The van der Waals surface area contributed by atoms with E-state index in [2.05, 4.69) is 84.1 Å². The summed E-state index contributed by atoms with van der Waals surface area (Å²) in [6, 6.07) is 0. The summed E-state index contributed by atoms with van der Waals surface area (Å²) < 4.78 is 126. The Kier molecular flexibility index (Phi) is 25.3. The summed E-state index contributed by atoms with van der Waals surface area (Å²) in [5, 5.41) is 0. The van der Waals surface area contributed by atoms with Crippen LogP contribution in [0.15, 0.2) is 40.6 Å². The van der Waals surface area contributed by atoms with Crippen LogP contribution in [0, 0.1) is 0 Å². The van der Waals surface area contributed by atoms with Crippen molar-refractivity contribution in [2.45, 2.75) is 231 Å². The largest absolute Gasteiger partial charge is 0.315 e. The van der Waals surface area contributed by atoms with Gasteiger partial charge < -0.3 is 0 Å². The molecule has 0 spiro atoms. The Hall–Kier alpha value is 1.35. The van der Waals surface area contributed by atoms with Gasteiger partial charge in [0.1, 0.15) is 0 Å². The summed E-state index contributed by atoms with van der Waals surface area (Å²) in [5.74, 6) is 0. The minimum atomic E-state index is -4.09. The average molecular weight is 1670 g/mol. The van der Waals surface area contributed by atoms with Gasteiger partial charge in [-0.1, -0.05) is 0 Å². The van der Waals surface area contributed by atoms with Crippen LogP contribution in [-0.4, -0.2) is 320 Å². The lowest BCUT2D eigenvalue weighted by molar-refractivity contribution is 0.384. The van der Waals surface area contributed by atoms with Crippen LogP contribution in [0.4, 0.5) is 0 Å². The Morgan fingerprint density at radius 1 is 0.120 bits per heavy atom. The molecule has 0 unspecified atom stereocenters. The molecule has 0 radical (unpaired) electrons. The first kappa shape index (κ1) is 79.2. The van der Waals surface area contributed by atoms with Gasteiger partial charge in [0.2, 0.25) is 0 Å². The Bertz CT molecular complexity index is 2740. The zero-order chi connectivity index (χ0) is 72.2. The predicted octanol–water partition coefficient (Wildman–Crippen LogP) is 19.2. The molecule has 0 bridgehead atoms. The summed E-state index contributed by atoms with van der Waals surface area (Å²) in [6.07, 6.45) is 43.7. The lowest BCUT2D eigenvalue weighted by Crippen LogP contribution is -2.39. The molecule has 0 amide bonds. The monoisotopic (exact) mass is 1670 g/mol. The molecule has 0 aromatic heterocycles. The van der Waals surface area contributed by atoms with Crippen molar-refractivity contribution < 1.29 is 0 Å². The zero-order valence-electron chi connectivity index (χ0n) is 67.0. The van der Waals surface area contributed by atoms with Crippen LogP contribution >= 0.6 is 67.6 Å². The minimum Gasteiger partial charge on any atom is -0.245 e. The first-order chi connectivity index (χ1) is 53.3. The molecule has 19 aliphatic rings. The molecule has 18 saturated heterocycles. The van der Waals surface area contributed by atoms with Gasteiger partial charge in [-0.25, -0.2) is 84.1 Å². The Morgan fingerprint density at radius 2 is 0.185 bits per heavy atom. The summed E-state index contributed by atoms with van der Waals surface area (Å²) in [7, 11) is -29.8. The maximum atomic E-state index is 7.81. The molecule has 0 N–H and O–H groups in total. The van der Waals surface area contributed by atoms with Gasteiger partial charge in [-0.3, -0.25) is 0 Å². The van der Waals surface area contributed by atoms with Crippen molar-refractivity contribution in [1.82, 2.24) is 84.1 Å². The molecule has 18 fully saturated rings. The third-order valence-electron chi connectivity index (χ3n) is 28.5. The highest BCUT2D eigenvalue weighted by Crippen LogP contribution is 2.94. The molecule has 0 aromatic rings. The molecule has 0 aliphatic carbocycles. The second-order valence-electron chi connectivity index (χ2n) is 35.5. The highest BCUT2D eigenvalue weighted by atomic mass is 31.3. The van der Waals surface area contributed by atoms with Crippen LogP contribution < -0.4 is 0 Å². The van der Waals surface area contributed by atoms with Gasteiger partial charge in [0.05, 0.1) is 0 Å². The Morgan fingerprint density at radius 3 is 0.250 bits per heavy atom. The van der Waals surface area contributed by atoms with Crippen LogP contribution in [0.25, 0.3) is 0 Å². The first-order valence-corrected chi connectivity index (χ1v) is 60.0. The van der Waals surface area contributed by atoms with Crippen LogP contribution in [0.3, 0.4) is 0 Å². The molecule has 0 saturated carbocycles.